The van der Waals surface area contributed by atoms with Crippen LogP contribution in [0.25, 0.3) is 16.8 Å². The van der Waals surface area contributed by atoms with E-state index in [0.717, 1.165) is 41.1 Å². The largest absolute Gasteiger partial charge is 0.461 e. The highest BCUT2D eigenvalue weighted by Gasteiger charge is 2.10. The minimum Gasteiger partial charge on any atom is -0.461 e. The number of hydrogen-bond donors (Lipinski definition) is 1. The van der Waals surface area contributed by atoms with Crippen molar-refractivity contribution in [2.24, 2.45) is 0 Å². The van der Waals surface area contributed by atoms with Crippen molar-refractivity contribution >= 4 is 44.5 Å². The Morgan fingerprint density at radius 1 is 1.18 bits per heavy atom. The number of rotatable bonds is 10. The standard InChI is InChI=1S/C25H25BrN4O2S/c1-3-30(4-2)13-14-32-25(31)19-7-11-22(12-8-19)28-16-20(15-27)24-29-23(17-33-24)18-5-9-21(26)10-6-18/h5-12,16-17,28H,3-4,13-14H2,1-2H3. The molecule has 0 fully saturated rings. The smallest absolute Gasteiger partial charge is 0.338 e. The number of carbonyl (C=O) groups excluding carboxylic acids is 1. The van der Waals surface area contributed by atoms with E-state index < -0.39 is 0 Å². The Bertz CT molecular complexity index is 1130. The molecule has 1 N–H and O–H groups in total. The SMILES string of the molecule is CCN(CC)CCOC(=O)c1ccc(NC=C(C#N)c2nc(-c3ccc(Br)cc3)cs2)cc1. The lowest BCUT2D eigenvalue weighted by Gasteiger charge is -2.17. The first-order chi connectivity index (χ1) is 16.0. The summed E-state index contributed by atoms with van der Waals surface area (Å²) in [6, 6.07) is 17.0. The van der Waals surface area contributed by atoms with Crippen LogP contribution >= 0.6 is 27.3 Å². The van der Waals surface area contributed by atoms with Crippen molar-refractivity contribution in [3.05, 3.63) is 75.2 Å². The number of nitrogens with one attached hydrogen (secondary N) is 1. The van der Waals surface area contributed by atoms with E-state index in [1.54, 1.807) is 30.5 Å². The summed E-state index contributed by atoms with van der Waals surface area (Å²) in [5.74, 6) is -0.342. The van der Waals surface area contributed by atoms with Gasteiger partial charge in [0.05, 0.1) is 11.3 Å². The molecule has 1 aromatic heterocycles. The highest BCUT2D eigenvalue weighted by Crippen LogP contribution is 2.27. The van der Waals surface area contributed by atoms with Crippen LogP contribution in [0.2, 0.25) is 0 Å². The first-order valence-corrected chi connectivity index (χ1v) is 12.3. The second-order valence-corrected chi connectivity index (χ2v) is 8.87. The van der Waals surface area contributed by atoms with Gasteiger partial charge in [-0.15, -0.1) is 11.3 Å². The molecule has 0 atom stereocenters. The number of ether oxygens (including phenoxy) is 1. The summed E-state index contributed by atoms with van der Waals surface area (Å²) in [6.07, 6.45) is 1.63. The molecule has 6 nitrogen and oxygen atoms in total. The van der Waals surface area contributed by atoms with Crippen molar-refractivity contribution < 1.29 is 9.53 Å². The number of nitrogens with zero attached hydrogens (tertiary/aromatic N) is 3. The monoisotopic (exact) mass is 524 g/mol. The molecule has 0 aliphatic carbocycles. The van der Waals surface area contributed by atoms with Crippen molar-refractivity contribution in [2.75, 3.05) is 31.6 Å². The van der Waals surface area contributed by atoms with Crippen molar-refractivity contribution in [3.63, 3.8) is 0 Å². The number of hydrogen-bond acceptors (Lipinski definition) is 7. The number of halogens is 1. The Balaban J connectivity index is 1.60. The van der Waals surface area contributed by atoms with Gasteiger partial charge in [-0.25, -0.2) is 9.78 Å². The van der Waals surface area contributed by atoms with Crippen LogP contribution in [0.15, 0.2) is 64.6 Å². The molecule has 2 aromatic carbocycles. The maximum Gasteiger partial charge on any atom is 0.338 e. The molecule has 0 radical (unpaired) electrons. The highest BCUT2D eigenvalue weighted by atomic mass is 79.9. The number of carbonyl (C=O) groups is 1. The van der Waals surface area contributed by atoms with E-state index in [9.17, 15) is 10.1 Å². The van der Waals surface area contributed by atoms with Crippen molar-refractivity contribution in [1.29, 1.82) is 5.26 Å². The fourth-order valence-corrected chi connectivity index (χ4v) is 4.10. The maximum atomic E-state index is 12.2. The average Bonchev–Trinajstić information content (AvgIpc) is 3.33. The second-order valence-electron chi connectivity index (χ2n) is 7.10. The summed E-state index contributed by atoms with van der Waals surface area (Å²) in [6.45, 7) is 7.11. The van der Waals surface area contributed by atoms with Gasteiger partial charge in [-0.2, -0.15) is 5.26 Å². The zero-order valence-corrected chi connectivity index (χ0v) is 20.9. The lowest BCUT2D eigenvalue weighted by molar-refractivity contribution is 0.0466. The van der Waals surface area contributed by atoms with Crippen LogP contribution in [0, 0.1) is 11.3 Å². The summed E-state index contributed by atoms with van der Waals surface area (Å²) in [4.78, 5) is 19.0. The molecule has 0 spiro atoms. The molecular formula is C25H25BrN4O2S. The van der Waals surface area contributed by atoms with E-state index in [-0.39, 0.29) is 5.97 Å². The van der Waals surface area contributed by atoms with Gasteiger partial charge in [0, 0.05) is 33.8 Å². The zero-order chi connectivity index (χ0) is 23.6. The summed E-state index contributed by atoms with van der Waals surface area (Å²) >= 11 is 4.85. The number of benzene rings is 2. The van der Waals surface area contributed by atoms with Gasteiger partial charge >= 0.3 is 5.97 Å². The first kappa shape index (κ1) is 24.6. The van der Waals surface area contributed by atoms with E-state index in [4.69, 9.17) is 4.74 Å². The Morgan fingerprint density at radius 2 is 1.88 bits per heavy atom. The first-order valence-electron chi connectivity index (χ1n) is 10.6. The van der Waals surface area contributed by atoms with Gasteiger partial charge in [0.15, 0.2) is 0 Å². The number of aromatic nitrogens is 1. The Morgan fingerprint density at radius 3 is 2.52 bits per heavy atom. The molecule has 0 saturated carbocycles. The fraction of sp³-hybridized carbons (Fsp3) is 0.240. The van der Waals surface area contributed by atoms with Crippen LogP contribution < -0.4 is 5.32 Å². The third-order valence-corrected chi connectivity index (χ3v) is 6.44. The van der Waals surface area contributed by atoms with E-state index in [2.05, 4.69) is 51.0 Å². The van der Waals surface area contributed by atoms with Crippen molar-refractivity contribution in [3.8, 4) is 17.3 Å². The zero-order valence-electron chi connectivity index (χ0n) is 18.5. The molecule has 0 amide bonds. The highest BCUT2D eigenvalue weighted by molar-refractivity contribution is 9.10. The van der Waals surface area contributed by atoms with Gasteiger partial charge < -0.3 is 15.0 Å². The molecule has 0 aliphatic heterocycles. The molecule has 0 bridgehead atoms. The lowest BCUT2D eigenvalue weighted by atomic mass is 10.2. The molecular weight excluding hydrogens is 500 g/mol. The number of thiazole rings is 1. The number of nitriles is 1. The molecule has 33 heavy (non-hydrogen) atoms. The van der Waals surface area contributed by atoms with Gasteiger partial charge in [0.1, 0.15) is 23.3 Å². The second kappa shape index (κ2) is 12.3. The van der Waals surface area contributed by atoms with Crippen LogP contribution in [0.3, 0.4) is 0 Å². The van der Waals surface area contributed by atoms with E-state index >= 15 is 0 Å². The number of likely N-dealkylation sites (N-methyl/N-ethyl adjacent to an activating group) is 1. The minimum absolute atomic E-state index is 0.342. The molecule has 1 heterocycles. The molecule has 0 unspecified atom stereocenters. The summed E-state index contributed by atoms with van der Waals surface area (Å²) in [5, 5.41) is 15.3. The third-order valence-electron chi connectivity index (χ3n) is 5.03. The molecule has 3 rings (SSSR count). The van der Waals surface area contributed by atoms with Crippen molar-refractivity contribution in [2.45, 2.75) is 13.8 Å². The number of allylic oxidation sites excluding steroid dienone is 1. The van der Waals surface area contributed by atoms with Gasteiger partial charge in [-0.1, -0.05) is 41.9 Å². The Hall–Kier alpha value is -2.99. The van der Waals surface area contributed by atoms with Crippen molar-refractivity contribution in [1.82, 2.24) is 9.88 Å². The molecule has 8 heteroatoms. The lowest BCUT2D eigenvalue weighted by Crippen LogP contribution is -2.27. The van der Waals surface area contributed by atoms with Crippen LogP contribution in [0.1, 0.15) is 29.2 Å². The van der Waals surface area contributed by atoms with Crippen LogP contribution in [0.5, 0.6) is 0 Å². The van der Waals surface area contributed by atoms with Crippen LogP contribution in [-0.4, -0.2) is 42.1 Å². The maximum absolute atomic E-state index is 12.2. The van der Waals surface area contributed by atoms with Gasteiger partial charge in [0.2, 0.25) is 0 Å². The van der Waals surface area contributed by atoms with Gasteiger partial charge in [0.25, 0.3) is 0 Å². The Labute approximate surface area is 206 Å². The van der Waals surface area contributed by atoms with Crippen LogP contribution in [0.4, 0.5) is 5.69 Å². The minimum atomic E-state index is -0.342. The molecule has 3 aromatic rings. The van der Waals surface area contributed by atoms with Gasteiger partial charge in [-0.3, -0.25) is 0 Å². The molecule has 170 valence electrons. The molecule has 0 aliphatic rings. The van der Waals surface area contributed by atoms with E-state index in [0.29, 0.717) is 22.8 Å². The van der Waals surface area contributed by atoms with E-state index in [1.165, 1.54) is 11.3 Å². The summed E-state index contributed by atoms with van der Waals surface area (Å²) in [5.41, 5.74) is 3.50. The molecule has 0 saturated heterocycles. The Kier molecular flexibility index (Phi) is 9.19. The van der Waals surface area contributed by atoms with E-state index in [1.807, 2.05) is 29.6 Å². The fourth-order valence-electron chi connectivity index (χ4n) is 3.04. The third kappa shape index (κ3) is 6.99. The summed E-state index contributed by atoms with van der Waals surface area (Å²) < 4.78 is 6.36. The predicted octanol–water partition coefficient (Wildman–Crippen LogP) is 6.05. The normalized spacial score (nSPS) is 11.3. The number of anilines is 1. The van der Waals surface area contributed by atoms with Gasteiger partial charge in [-0.05, 0) is 49.5 Å². The summed E-state index contributed by atoms with van der Waals surface area (Å²) in [7, 11) is 0. The average molecular weight is 525 g/mol. The number of esters is 1. The predicted molar refractivity (Wildman–Crippen MR) is 137 cm³/mol. The topological polar surface area (TPSA) is 78.2 Å². The quantitative estimate of drug-likeness (QED) is 0.257. The van der Waals surface area contributed by atoms with Crippen LogP contribution in [-0.2, 0) is 4.74 Å².